The van der Waals surface area contributed by atoms with Gasteiger partial charge in [0.1, 0.15) is 0 Å². The van der Waals surface area contributed by atoms with Crippen LogP contribution in [0.2, 0.25) is 0 Å². The number of hydrogen-bond donors (Lipinski definition) is 0. The lowest BCUT2D eigenvalue weighted by Crippen LogP contribution is -2.00. The van der Waals surface area contributed by atoms with Gasteiger partial charge in [-0.25, -0.2) is 4.79 Å². The molecule has 2 rings (SSSR count). The molecular formula is C16H15NO2. The summed E-state index contributed by atoms with van der Waals surface area (Å²) in [5.41, 5.74) is 2.68. The lowest BCUT2D eigenvalue weighted by molar-refractivity contribution is 0.0601. The van der Waals surface area contributed by atoms with Crippen molar-refractivity contribution < 1.29 is 9.53 Å². The lowest BCUT2D eigenvalue weighted by Gasteiger charge is -1.99. The number of rotatable bonds is 4. The Hall–Kier alpha value is -2.42. The molecular weight excluding hydrogens is 238 g/mol. The van der Waals surface area contributed by atoms with Crippen molar-refractivity contribution in [2.24, 2.45) is 4.99 Å². The largest absolute Gasteiger partial charge is 0.465 e. The summed E-state index contributed by atoms with van der Waals surface area (Å²) in [5.74, 6) is -0.326. The molecule has 0 fully saturated rings. The van der Waals surface area contributed by atoms with Gasteiger partial charge in [0.2, 0.25) is 0 Å². The Morgan fingerprint density at radius 3 is 2.42 bits per heavy atom. The Kier molecular flexibility index (Phi) is 4.45. The molecule has 0 radical (unpaired) electrons. The summed E-state index contributed by atoms with van der Waals surface area (Å²) in [7, 11) is 1.37. The molecule has 0 saturated carbocycles. The van der Waals surface area contributed by atoms with Crippen LogP contribution in [0.1, 0.15) is 21.5 Å². The molecule has 19 heavy (non-hydrogen) atoms. The highest BCUT2D eigenvalue weighted by molar-refractivity contribution is 5.90. The predicted molar refractivity (Wildman–Crippen MR) is 75.5 cm³/mol. The maximum atomic E-state index is 11.3. The van der Waals surface area contributed by atoms with Crippen molar-refractivity contribution in [2.75, 3.05) is 7.11 Å². The third kappa shape index (κ3) is 3.78. The van der Waals surface area contributed by atoms with Crippen LogP contribution in [0.3, 0.4) is 0 Å². The highest BCUT2D eigenvalue weighted by Crippen LogP contribution is 2.05. The minimum absolute atomic E-state index is 0.326. The van der Waals surface area contributed by atoms with E-state index in [2.05, 4.69) is 9.73 Å². The van der Waals surface area contributed by atoms with E-state index in [1.807, 2.05) is 42.5 Å². The van der Waals surface area contributed by atoms with E-state index in [1.165, 1.54) is 12.7 Å². The fourth-order valence-electron chi connectivity index (χ4n) is 1.66. The van der Waals surface area contributed by atoms with Crippen molar-refractivity contribution in [3.8, 4) is 0 Å². The summed E-state index contributed by atoms with van der Waals surface area (Å²) in [4.78, 5) is 15.6. The minimum atomic E-state index is -0.326. The molecule has 0 bridgehead atoms. The molecule has 0 aromatic heterocycles. The van der Waals surface area contributed by atoms with Crippen molar-refractivity contribution in [3.63, 3.8) is 0 Å². The molecule has 0 unspecified atom stereocenters. The molecule has 0 saturated heterocycles. The molecule has 0 aliphatic carbocycles. The van der Waals surface area contributed by atoms with Crippen LogP contribution >= 0.6 is 0 Å². The van der Waals surface area contributed by atoms with E-state index >= 15 is 0 Å². The number of ether oxygens (including phenoxy) is 1. The SMILES string of the molecule is COC(=O)c1ccc(C=NCc2ccccc2)cc1. The van der Waals surface area contributed by atoms with Gasteiger partial charge in [-0.1, -0.05) is 42.5 Å². The first kappa shape index (κ1) is 13.0. The molecule has 3 nitrogen and oxygen atoms in total. The Labute approximate surface area is 112 Å². The second kappa shape index (κ2) is 6.50. The summed E-state index contributed by atoms with van der Waals surface area (Å²) in [6, 6.07) is 17.2. The van der Waals surface area contributed by atoms with Crippen molar-refractivity contribution in [1.29, 1.82) is 0 Å². The first-order valence-electron chi connectivity index (χ1n) is 6.02. The van der Waals surface area contributed by atoms with E-state index in [0.717, 1.165) is 5.56 Å². The van der Waals surface area contributed by atoms with Crippen molar-refractivity contribution in [3.05, 3.63) is 71.3 Å². The number of carbonyl (C=O) groups excluding carboxylic acids is 1. The second-order valence-corrected chi connectivity index (χ2v) is 4.07. The van der Waals surface area contributed by atoms with Gasteiger partial charge in [-0.3, -0.25) is 4.99 Å². The smallest absolute Gasteiger partial charge is 0.337 e. The summed E-state index contributed by atoms with van der Waals surface area (Å²) >= 11 is 0. The zero-order valence-electron chi connectivity index (χ0n) is 10.7. The van der Waals surface area contributed by atoms with E-state index < -0.39 is 0 Å². The van der Waals surface area contributed by atoms with Crippen LogP contribution in [0.15, 0.2) is 59.6 Å². The average Bonchev–Trinajstić information content (AvgIpc) is 2.48. The molecule has 2 aromatic rings. The monoisotopic (exact) mass is 253 g/mol. The third-order valence-electron chi connectivity index (χ3n) is 2.69. The Morgan fingerprint density at radius 2 is 1.79 bits per heavy atom. The van der Waals surface area contributed by atoms with Gasteiger partial charge in [-0.05, 0) is 23.3 Å². The molecule has 0 amide bonds. The van der Waals surface area contributed by atoms with Gasteiger partial charge in [0.25, 0.3) is 0 Å². The Bertz CT molecular complexity index is 559. The van der Waals surface area contributed by atoms with Gasteiger partial charge < -0.3 is 4.74 Å². The first-order valence-corrected chi connectivity index (χ1v) is 6.02. The fourth-order valence-corrected chi connectivity index (χ4v) is 1.66. The van der Waals surface area contributed by atoms with Gasteiger partial charge in [0, 0.05) is 6.21 Å². The van der Waals surface area contributed by atoms with Crippen LogP contribution in [0.4, 0.5) is 0 Å². The Morgan fingerprint density at radius 1 is 1.11 bits per heavy atom. The van der Waals surface area contributed by atoms with Crippen LogP contribution in [0, 0.1) is 0 Å². The van der Waals surface area contributed by atoms with E-state index in [-0.39, 0.29) is 5.97 Å². The number of hydrogen-bond acceptors (Lipinski definition) is 3. The molecule has 2 aromatic carbocycles. The predicted octanol–water partition coefficient (Wildman–Crippen LogP) is 3.09. The van der Waals surface area contributed by atoms with Crippen molar-refractivity contribution >= 4 is 12.2 Å². The van der Waals surface area contributed by atoms with Crippen LogP contribution in [-0.4, -0.2) is 19.3 Å². The van der Waals surface area contributed by atoms with E-state index in [1.54, 1.807) is 18.3 Å². The van der Waals surface area contributed by atoms with Crippen LogP contribution in [-0.2, 0) is 11.3 Å². The van der Waals surface area contributed by atoms with Gasteiger partial charge in [-0.2, -0.15) is 0 Å². The number of nitrogens with zero attached hydrogens (tertiary/aromatic N) is 1. The lowest BCUT2D eigenvalue weighted by atomic mass is 10.1. The first-order chi connectivity index (χ1) is 9.29. The summed E-state index contributed by atoms with van der Waals surface area (Å²) < 4.78 is 4.64. The highest BCUT2D eigenvalue weighted by atomic mass is 16.5. The maximum Gasteiger partial charge on any atom is 0.337 e. The number of methoxy groups -OCH3 is 1. The van der Waals surface area contributed by atoms with Gasteiger partial charge in [0.15, 0.2) is 0 Å². The second-order valence-electron chi connectivity index (χ2n) is 4.07. The average molecular weight is 253 g/mol. The normalized spacial score (nSPS) is 10.6. The number of esters is 1. The van der Waals surface area contributed by atoms with E-state index in [0.29, 0.717) is 12.1 Å². The molecule has 0 spiro atoms. The molecule has 0 N–H and O–H groups in total. The zero-order valence-corrected chi connectivity index (χ0v) is 10.7. The van der Waals surface area contributed by atoms with Crippen LogP contribution in [0.5, 0.6) is 0 Å². The third-order valence-corrected chi connectivity index (χ3v) is 2.69. The van der Waals surface area contributed by atoms with Gasteiger partial charge in [0.05, 0.1) is 19.2 Å². The molecule has 0 aliphatic rings. The Balaban J connectivity index is 1.98. The van der Waals surface area contributed by atoms with Crippen LogP contribution in [0.25, 0.3) is 0 Å². The molecule has 3 heteroatoms. The van der Waals surface area contributed by atoms with E-state index in [4.69, 9.17) is 0 Å². The quantitative estimate of drug-likeness (QED) is 0.620. The van der Waals surface area contributed by atoms with Crippen molar-refractivity contribution in [2.45, 2.75) is 6.54 Å². The summed E-state index contributed by atoms with van der Waals surface area (Å²) in [6.45, 7) is 0.652. The molecule has 96 valence electrons. The number of aliphatic imine (C=N–C) groups is 1. The summed E-state index contributed by atoms with van der Waals surface area (Å²) in [5, 5.41) is 0. The standard InChI is InChI=1S/C16H15NO2/c1-19-16(18)15-9-7-14(8-10-15)12-17-11-13-5-3-2-4-6-13/h2-10,12H,11H2,1H3. The van der Waals surface area contributed by atoms with E-state index in [9.17, 15) is 4.79 Å². The topological polar surface area (TPSA) is 38.7 Å². The number of carbonyl (C=O) groups is 1. The fraction of sp³-hybridized carbons (Fsp3) is 0.125. The maximum absolute atomic E-state index is 11.3. The van der Waals surface area contributed by atoms with Gasteiger partial charge in [-0.15, -0.1) is 0 Å². The molecule has 0 aliphatic heterocycles. The minimum Gasteiger partial charge on any atom is -0.465 e. The molecule has 0 atom stereocenters. The molecule has 0 heterocycles. The zero-order chi connectivity index (χ0) is 13.5. The highest BCUT2D eigenvalue weighted by Gasteiger charge is 2.03. The van der Waals surface area contributed by atoms with Gasteiger partial charge >= 0.3 is 5.97 Å². The van der Waals surface area contributed by atoms with Crippen molar-refractivity contribution in [1.82, 2.24) is 0 Å². The summed E-state index contributed by atoms with van der Waals surface area (Å²) in [6.07, 6.45) is 1.80. The van der Waals surface area contributed by atoms with Crippen LogP contribution < -0.4 is 0 Å². The number of benzene rings is 2.